The molecule has 3 aromatic carbocycles. The molecular weight excluding hydrogens is 577 g/mol. The van der Waals surface area contributed by atoms with E-state index >= 15 is 0 Å². The third-order valence-corrected chi connectivity index (χ3v) is 10.1. The van der Waals surface area contributed by atoms with Crippen LogP contribution in [0.5, 0.6) is 17.2 Å². The van der Waals surface area contributed by atoms with E-state index in [1.165, 1.54) is 80.2 Å². The Bertz CT molecular complexity index is 1640. The third kappa shape index (κ3) is 6.24. The van der Waals surface area contributed by atoms with E-state index in [1.807, 2.05) is 0 Å². The van der Waals surface area contributed by atoms with Crippen molar-refractivity contribution < 1.29 is 40.2 Å². The Morgan fingerprint density at radius 3 is 2.10 bits per heavy atom. The molecule has 0 aliphatic carbocycles. The van der Waals surface area contributed by atoms with E-state index in [2.05, 4.69) is 5.32 Å². The summed E-state index contributed by atoms with van der Waals surface area (Å²) in [7, 11) is -4.27. The van der Waals surface area contributed by atoms with Gasteiger partial charge in [-0.2, -0.15) is 4.31 Å². The quantitative estimate of drug-likeness (QED) is 0.351. The van der Waals surface area contributed by atoms with Gasteiger partial charge >= 0.3 is 0 Å². The van der Waals surface area contributed by atoms with Crippen molar-refractivity contribution in [2.75, 3.05) is 50.6 Å². The van der Waals surface area contributed by atoms with E-state index in [-0.39, 0.29) is 38.4 Å². The first-order chi connectivity index (χ1) is 19.5. The number of carbonyl (C=O) groups is 1. The standard InChI is InChI=1S/C27H30FN3O8S2/c1-37-24-12-10-19(40(33,34)30-14-6-7-15-30)16-22(24)29-27(32)18-31(23-9-5-4-8-21(23)28)41(35,36)20-11-13-25(38-2)26(17-20)39-3/h4-5,8-13,16-17H,6-7,14-15,18H2,1-3H3,(H,29,32). The summed E-state index contributed by atoms with van der Waals surface area (Å²) in [6, 6.07) is 13.0. The molecule has 0 spiro atoms. The van der Waals surface area contributed by atoms with E-state index in [0.717, 1.165) is 18.9 Å². The molecule has 0 bridgehead atoms. The van der Waals surface area contributed by atoms with Gasteiger partial charge in [-0.3, -0.25) is 9.10 Å². The molecule has 1 amide bonds. The Morgan fingerprint density at radius 1 is 0.854 bits per heavy atom. The lowest BCUT2D eigenvalue weighted by Gasteiger charge is -2.25. The first-order valence-electron chi connectivity index (χ1n) is 12.5. The van der Waals surface area contributed by atoms with Crippen molar-refractivity contribution in [1.82, 2.24) is 4.31 Å². The number of para-hydroxylation sites is 1. The largest absolute Gasteiger partial charge is 0.495 e. The number of benzene rings is 3. The molecule has 1 saturated heterocycles. The van der Waals surface area contributed by atoms with Crippen LogP contribution in [0.15, 0.2) is 70.5 Å². The third-order valence-electron chi connectivity index (χ3n) is 6.50. The number of rotatable bonds is 11. The van der Waals surface area contributed by atoms with Crippen LogP contribution in [0.2, 0.25) is 0 Å². The highest BCUT2D eigenvalue weighted by Gasteiger charge is 2.31. The fraction of sp³-hybridized carbons (Fsp3) is 0.296. The molecule has 220 valence electrons. The SMILES string of the molecule is COc1ccc(S(=O)(=O)N2CCCC2)cc1NC(=O)CN(c1ccccc1F)S(=O)(=O)c1ccc(OC)c(OC)c1. The Balaban J connectivity index is 1.70. The molecule has 11 nitrogen and oxygen atoms in total. The van der Waals surface area contributed by atoms with Crippen molar-refractivity contribution in [3.8, 4) is 17.2 Å². The molecular formula is C27H30FN3O8S2. The van der Waals surface area contributed by atoms with E-state index in [9.17, 15) is 26.0 Å². The van der Waals surface area contributed by atoms with Crippen LogP contribution in [-0.4, -0.2) is 68.0 Å². The van der Waals surface area contributed by atoms with Gasteiger partial charge in [0.2, 0.25) is 15.9 Å². The van der Waals surface area contributed by atoms with E-state index in [0.29, 0.717) is 17.4 Å². The van der Waals surface area contributed by atoms with Gasteiger partial charge in [-0.15, -0.1) is 0 Å². The second-order valence-electron chi connectivity index (χ2n) is 9.00. The van der Waals surface area contributed by atoms with Gasteiger partial charge in [-0.05, 0) is 55.3 Å². The van der Waals surface area contributed by atoms with Gasteiger partial charge in [0.15, 0.2) is 11.5 Å². The average Bonchev–Trinajstić information content (AvgIpc) is 3.52. The highest BCUT2D eigenvalue weighted by molar-refractivity contribution is 7.92. The van der Waals surface area contributed by atoms with Gasteiger partial charge in [-0.25, -0.2) is 21.2 Å². The van der Waals surface area contributed by atoms with Gasteiger partial charge < -0.3 is 19.5 Å². The molecule has 4 rings (SSSR count). The summed E-state index contributed by atoms with van der Waals surface area (Å²) in [5, 5.41) is 2.53. The number of halogens is 1. The number of hydrogen-bond donors (Lipinski definition) is 1. The summed E-state index contributed by atoms with van der Waals surface area (Å²) in [4.78, 5) is 13.0. The molecule has 3 aromatic rings. The van der Waals surface area contributed by atoms with E-state index in [1.54, 1.807) is 0 Å². The Morgan fingerprint density at radius 2 is 1.46 bits per heavy atom. The smallest absolute Gasteiger partial charge is 0.265 e. The molecule has 41 heavy (non-hydrogen) atoms. The van der Waals surface area contributed by atoms with Gasteiger partial charge in [0.1, 0.15) is 18.1 Å². The fourth-order valence-corrected chi connectivity index (χ4v) is 7.39. The minimum Gasteiger partial charge on any atom is -0.495 e. The predicted octanol–water partition coefficient (Wildman–Crippen LogP) is 3.47. The minimum absolute atomic E-state index is 0.00905. The maximum absolute atomic E-state index is 14.9. The van der Waals surface area contributed by atoms with Gasteiger partial charge in [-0.1, -0.05) is 12.1 Å². The minimum atomic E-state index is -4.52. The van der Waals surface area contributed by atoms with Crippen molar-refractivity contribution in [2.24, 2.45) is 0 Å². The number of nitrogens with zero attached hydrogens (tertiary/aromatic N) is 2. The van der Waals surface area contributed by atoms with Crippen molar-refractivity contribution in [3.63, 3.8) is 0 Å². The number of anilines is 2. The summed E-state index contributed by atoms with van der Waals surface area (Å²) in [5.41, 5.74) is -0.357. The van der Waals surface area contributed by atoms with Crippen molar-refractivity contribution in [2.45, 2.75) is 22.6 Å². The maximum Gasteiger partial charge on any atom is 0.265 e. The highest BCUT2D eigenvalue weighted by atomic mass is 32.2. The van der Waals surface area contributed by atoms with Crippen molar-refractivity contribution >= 4 is 37.3 Å². The van der Waals surface area contributed by atoms with Crippen LogP contribution in [0.25, 0.3) is 0 Å². The molecule has 0 atom stereocenters. The summed E-state index contributed by atoms with van der Waals surface area (Å²) in [6.07, 6.45) is 1.50. The van der Waals surface area contributed by atoms with Gasteiger partial charge in [0.05, 0.1) is 42.5 Å². The first kappa shape index (κ1) is 30.1. The van der Waals surface area contributed by atoms with Crippen molar-refractivity contribution in [1.29, 1.82) is 0 Å². The fourth-order valence-electron chi connectivity index (χ4n) is 4.40. The molecule has 1 heterocycles. The highest BCUT2D eigenvalue weighted by Crippen LogP contribution is 2.34. The van der Waals surface area contributed by atoms with Crippen LogP contribution in [0.1, 0.15) is 12.8 Å². The number of ether oxygens (including phenoxy) is 3. The Hall–Kier alpha value is -3.88. The number of carbonyl (C=O) groups excluding carboxylic acids is 1. The summed E-state index contributed by atoms with van der Waals surface area (Å²) in [5.74, 6) is -1.20. The maximum atomic E-state index is 14.9. The zero-order chi connectivity index (χ0) is 29.8. The summed E-state index contributed by atoms with van der Waals surface area (Å²) >= 11 is 0. The molecule has 0 saturated carbocycles. The molecule has 1 aliphatic heterocycles. The number of nitrogens with one attached hydrogen (secondary N) is 1. The number of sulfonamides is 2. The van der Waals surface area contributed by atoms with Gasteiger partial charge in [0.25, 0.3) is 10.0 Å². The van der Waals surface area contributed by atoms with Crippen molar-refractivity contribution in [3.05, 3.63) is 66.5 Å². The van der Waals surface area contributed by atoms with E-state index in [4.69, 9.17) is 14.2 Å². The lowest BCUT2D eigenvalue weighted by Crippen LogP contribution is -2.38. The molecule has 1 aliphatic rings. The molecule has 1 fully saturated rings. The molecule has 0 aromatic heterocycles. The number of methoxy groups -OCH3 is 3. The molecule has 0 radical (unpaired) electrons. The average molecular weight is 608 g/mol. The second kappa shape index (κ2) is 12.3. The second-order valence-corrected chi connectivity index (χ2v) is 12.8. The first-order valence-corrected chi connectivity index (χ1v) is 15.4. The molecule has 14 heteroatoms. The number of hydrogen-bond acceptors (Lipinski definition) is 8. The Labute approximate surface area is 238 Å². The zero-order valence-electron chi connectivity index (χ0n) is 22.7. The molecule has 1 N–H and O–H groups in total. The summed E-state index contributed by atoms with van der Waals surface area (Å²) in [6.45, 7) is -0.0623. The van der Waals surface area contributed by atoms with Gasteiger partial charge in [0, 0.05) is 19.2 Å². The summed E-state index contributed by atoms with van der Waals surface area (Å²) < 4.78 is 86.3. The monoisotopic (exact) mass is 607 g/mol. The molecule has 0 unspecified atom stereocenters. The van der Waals surface area contributed by atoms with Crippen LogP contribution in [0, 0.1) is 5.82 Å². The van der Waals surface area contributed by atoms with Crippen LogP contribution in [0.3, 0.4) is 0 Å². The lowest BCUT2D eigenvalue weighted by atomic mass is 10.3. The van der Waals surface area contributed by atoms with Crippen LogP contribution < -0.4 is 23.8 Å². The topological polar surface area (TPSA) is 132 Å². The van der Waals surface area contributed by atoms with Crippen LogP contribution in [-0.2, 0) is 24.8 Å². The van der Waals surface area contributed by atoms with E-state index < -0.39 is 38.3 Å². The Kier molecular flexibility index (Phi) is 9.05. The number of amides is 1. The van der Waals surface area contributed by atoms with Crippen LogP contribution >= 0.6 is 0 Å². The zero-order valence-corrected chi connectivity index (χ0v) is 24.3. The predicted molar refractivity (Wildman–Crippen MR) is 150 cm³/mol. The normalized spacial score (nSPS) is 14.0. The lowest BCUT2D eigenvalue weighted by molar-refractivity contribution is -0.114. The van der Waals surface area contributed by atoms with Crippen LogP contribution in [0.4, 0.5) is 15.8 Å².